The summed E-state index contributed by atoms with van der Waals surface area (Å²) < 4.78 is 0. The van der Waals surface area contributed by atoms with Crippen LogP contribution in [0, 0.1) is 0 Å². The third kappa shape index (κ3) is 4.87. The predicted molar refractivity (Wildman–Crippen MR) is 126 cm³/mol. The summed E-state index contributed by atoms with van der Waals surface area (Å²) in [5.41, 5.74) is 3.60. The Balaban J connectivity index is 1.44. The average Bonchev–Trinajstić information content (AvgIpc) is 2.70. The van der Waals surface area contributed by atoms with Gasteiger partial charge < -0.3 is 9.80 Å². The highest BCUT2D eigenvalue weighted by Crippen LogP contribution is 2.48. The smallest absolute Gasteiger partial charge is 0.0595 e. The Bertz CT molecular complexity index is 1020. The first-order valence-corrected chi connectivity index (χ1v) is 11.4. The van der Waals surface area contributed by atoms with Crippen LogP contribution in [-0.2, 0) is 6.54 Å². The molecule has 3 aromatic rings. The van der Waals surface area contributed by atoms with Gasteiger partial charge in [-0.1, -0.05) is 64.8 Å². The van der Waals surface area contributed by atoms with Gasteiger partial charge in [-0.15, -0.1) is 0 Å². The number of rotatable bonds is 6. The second-order valence-corrected chi connectivity index (χ2v) is 9.51. The maximum absolute atomic E-state index is 6.30. The van der Waals surface area contributed by atoms with Gasteiger partial charge in [0.25, 0.3) is 0 Å². The van der Waals surface area contributed by atoms with Gasteiger partial charge in [0.15, 0.2) is 0 Å². The van der Waals surface area contributed by atoms with Crippen molar-refractivity contribution in [3.8, 4) is 0 Å². The molecule has 1 aliphatic rings. The molecule has 4 rings (SSSR count). The lowest BCUT2D eigenvalue weighted by Gasteiger charge is -2.33. The number of anilines is 2. The zero-order valence-corrected chi connectivity index (χ0v) is 19.1. The molecular weight excluding hydrogens is 443 g/mol. The molecule has 0 bridgehead atoms. The van der Waals surface area contributed by atoms with Crippen LogP contribution in [0.4, 0.5) is 11.4 Å². The van der Waals surface area contributed by atoms with Crippen LogP contribution in [0.5, 0.6) is 0 Å². The van der Waals surface area contributed by atoms with Crippen molar-refractivity contribution in [1.82, 2.24) is 4.90 Å². The van der Waals surface area contributed by atoms with Crippen LogP contribution < -0.4 is 4.90 Å². The molecule has 0 saturated carbocycles. The highest BCUT2D eigenvalue weighted by Gasteiger charge is 2.23. The molecule has 0 amide bonds. The van der Waals surface area contributed by atoms with Crippen molar-refractivity contribution in [2.75, 3.05) is 25.0 Å². The van der Waals surface area contributed by atoms with E-state index in [1.54, 1.807) is 11.8 Å². The molecule has 0 saturated heterocycles. The van der Waals surface area contributed by atoms with Gasteiger partial charge in [0.1, 0.15) is 0 Å². The molecule has 0 N–H and O–H groups in total. The van der Waals surface area contributed by atoms with Crippen molar-refractivity contribution in [3.63, 3.8) is 0 Å². The second-order valence-electron chi connectivity index (χ2n) is 7.17. The fraction of sp³-hybridized carbons (Fsp3) is 0.217. The van der Waals surface area contributed by atoms with Crippen LogP contribution in [0.3, 0.4) is 0 Å². The van der Waals surface area contributed by atoms with Crippen LogP contribution >= 0.6 is 46.6 Å². The van der Waals surface area contributed by atoms with E-state index in [-0.39, 0.29) is 0 Å². The molecule has 1 heterocycles. The van der Waals surface area contributed by atoms with Crippen LogP contribution in [-0.4, -0.2) is 25.0 Å². The Morgan fingerprint density at radius 3 is 2.48 bits per heavy atom. The third-order valence-corrected chi connectivity index (χ3v) is 7.05. The summed E-state index contributed by atoms with van der Waals surface area (Å²) in [6.45, 7) is 2.74. The summed E-state index contributed by atoms with van der Waals surface area (Å²) in [5.74, 6) is 0. The number of fused-ring (bicyclic) bond motifs is 2. The van der Waals surface area contributed by atoms with Gasteiger partial charge in [0.2, 0.25) is 0 Å². The Hall–Kier alpha value is -1.36. The molecule has 1 aliphatic heterocycles. The monoisotopic (exact) mass is 462 g/mol. The van der Waals surface area contributed by atoms with E-state index >= 15 is 0 Å². The number of halogens is 3. The molecular formula is C23H21Cl3N2S. The largest absolute Gasteiger partial charge is 0.340 e. The molecule has 0 unspecified atom stereocenters. The van der Waals surface area contributed by atoms with Crippen molar-refractivity contribution in [3.05, 3.63) is 81.3 Å². The Labute approximate surface area is 191 Å². The number of para-hydroxylation sites is 1. The maximum atomic E-state index is 6.30. The zero-order valence-electron chi connectivity index (χ0n) is 16.0. The lowest BCUT2D eigenvalue weighted by Crippen LogP contribution is -2.26. The zero-order chi connectivity index (χ0) is 20.4. The molecule has 0 atom stereocenters. The van der Waals surface area contributed by atoms with Gasteiger partial charge >= 0.3 is 0 Å². The van der Waals surface area contributed by atoms with Crippen molar-refractivity contribution in [2.45, 2.75) is 22.8 Å². The molecule has 3 aromatic carbocycles. The predicted octanol–water partition coefficient (Wildman–Crippen LogP) is 7.77. The molecule has 0 aliphatic carbocycles. The molecule has 0 aromatic heterocycles. The number of hydrogen-bond acceptors (Lipinski definition) is 3. The van der Waals surface area contributed by atoms with Gasteiger partial charge in [-0.2, -0.15) is 0 Å². The highest BCUT2D eigenvalue weighted by atomic mass is 35.5. The van der Waals surface area contributed by atoms with Crippen molar-refractivity contribution < 1.29 is 0 Å². The molecule has 29 heavy (non-hydrogen) atoms. The minimum atomic E-state index is 0.594. The SMILES string of the molecule is CN(CCCN1c2ccccc2Sc2ccc(Cl)cc21)Cc1ccc(Cl)c(Cl)c1. The van der Waals surface area contributed by atoms with Crippen molar-refractivity contribution in [1.29, 1.82) is 0 Å². The molecule has 0 fully saturated rings. The average molecular weight is 464 g/mol. The summed E-state index contributed by atoms with van der Waals surface area (Å²) in [5, 5.41) is 1.97. The van der Waals surface area contributed by atoms with Gasteiger partial charge in [-0.3, -0.25) is 0 Å². The fourth-order valence-electron chi connectivity index (χ4n) is 3.57. The summed E-state index contributed by atoms with van der Waals surface area (Å²) >= 11 is 20.3. The Kier molecular flexibility index (Phi) is 6.63. The number of benzene rings is 3. The van der Waals surface area contributed by atoms with E-state index < -0.39 is 0 Å². The van der Waals surface area contributed by atoms with Gasteiger partial charge in [0.05, 0.1) is 21.4 Å². The second kappa shape index (κ2) is 9.20. The highest BCUT2D eigenvalue weighted by molar-refractivity contribution is 7.99. The quantitative estimate of drug-likeness (QED) is 0.368. The molecule has 0 radical (unpaired) electrons. The first kappa shape index (κ1) is 20.9. The van der Waals surface area contributed by atoms with Crippen molar-refractivity contribution >= 4 is 57.9 Å². The van der Waals surface area contributed by atoms with Gasteiger partial charge in [0, 0.05) is 27.9 Å². The first-order valence-electron chi connectivity index (χ1n) is 9.48. The molecule has 150 valence electrons. The van der Waals surface area contributed by atoms with E-state index in [0.29, 0.717) is 10.0 Å². The van der Waals surface area contributed by atoms with Crippen LogP contribution in [0.25, 0.3) is 0 Å². The summed E-state index contributed by atoms with van der Waals surface area (Å²) in [6, 6.07) is 20.5. The normalized spacial score (nSPS) is 12.8. The Morgan fingerprint density at radius 2 is 1.66 bits per heavy atom. The summed E-state index contributed by atoms with van der Waals surface area (Å²) in [4.78, 5) is 7.23. The van der Waals surface area contributed by atoms with Crippen molar-refractivity contribution in [2.24, 2.45) is 0 Å². The first-order chi connectivity index (χ1) is 14.0. The Morgan fingerprint density at radius 1 is 0.862 bits per heavy atom. The lowest BCUT2D eigenvalue weighted by molar-refractivity contribution is 0.324. The minimum absolute atomic E-state index is 0.594. The molecule has 0 spiro atoms. The van der Waals surface area contributed by atoms with Crippen LogP contribution in [0.2, 0.25) is 15.1 Å². The van der Waals surface area contributed by atoms with Crippen LogP contribution in [0.15, 0.2) is 70.5 Å². The van der Waals surface area contributed by atoms with E-state index in [0.717, 1.165) is 31.1 Å². The summed E-state index contributed by atoms with van der Waals surface area (Å²) in [7, 11) is 2.13. The van der Waals surface area contributed by atoms with E-state index in [4.69, 9.17) is 34.8 Å². The topological polar surface area (TPSA) is 6.48 Å². The fourth-order valence-corrected chi connectivity index (χ4v) is 5.13. The number of nitrogens with zero attached hydrogens (tertiary/aromatic N) is 2. The number of hydrogen-bond donors (Lipinski definition) is 0. The molecule has 6 heteroatoms. The van der Waals surface area contributed by atoms with Gasteiger partial charge in [-0.25, -0.2) is 0 Å². The van der Waals surface area contributed by atoms with E-state index in [9.17, 15) is 0 Å². The lowest BCUT2D eigenvalue weighted by atomic mass is 10.2. The summed E-state index contributed by atoms with van der Waals surface area (Å²) in [6.07, 6.45) is 1.03. The van der Waals surface area contributed by atoms with Gasteiger partial charge in [-0.05, 0) is 68.0 Å². The maximum Gasteiger partial charge on any atom is 0.0595 e. The molecule has 2 nitrogen and oxygen atoms in total. The minimum Gasteiger partial charge on any atom is -0.340 e. The standard InChI is InChI=1S/C23H21Cl3N2S/c1-27(15-16-7-9-18(25)19(26)13-16)11-4-12-28-20-5-2-3-6-22(20)29-23-10-8-17(24)14-21(23)28/h2-3,5-10,13-14H,4,11-12,15H2,1H3. The van der Waals surface area contributed by atoms with E-state index in [2.05, 4.69) is 53.2 Å². The van der Waals surface area contributed by atoms with E-state index in [1.165, 1.54) is 26.7 Å². The van der Waals surface area contributed by atoms with E-state index in [1.807, 2.05) is 24.3 Å². The van der Waals surface area contributed by atoms with Crippen LogP contribution in [0.1, 0.15) is 12.0 Å². The third-order valence-electron chi connectivity index (χ3n) is 4.95.